The van der Waals surface area contributed by atoms with Crippen molar-refractivity contribution in [3.63, 3.8) is 0 Å². The zero-order valence-electron chi connectivity index (χ0n) is 2.90. The van der Waals surface area contributed by atoms with E-state index in [1.54, 1.807) is 0 Å². The second-order valence-corrected chi connectivity index (χ2v) is 0. The first-order chi connectivity index (χ1) is 1.00. The van der Waals surface area contributed by atoms with Crippen molar-refractivity contribution in [2.75, 3.05) is 0 Å². The molecule has 0 aromatic carbocycles. The Balaban J connectivity index is -0.000000000500. The third-order valence-corrected chi connectivity index (χ3v) is 0. The van der Waals surface area contributed by atoms with Crippen molar-refractivity contribution < 1.29 is 24.3 Å². The standard InChI is InChI=1S/5ClH.Nb.O/h5*1H;;. The fourth-order valence-corrected chi connectivity index (χ4v) is 0. The fraction of sp³-hybridized carbons (Fsp3) is 0. The van der Waals surface area contributed by atoms with Crippen LogP contribution >= 0.6 is 62.0 Å². The summed E-state index contributed by atoms with van der Waals surface area (Å²) in [6, 6.07) is 0. The number of halogens is 5. The quantitative estimate of drug-likeness (QED) is 0.624. The molecule has 51 valence electrons. The van der Waals surface area contributed by atoms with Gasteiger partial charge in [-0.15, -0.1) is 62.0 Å². The van der Waals surface area contributed by atoms with E-state index in [1.807, 2.05) is 0 Å². The maximum atomic E-state index is 8.30. The van der Waals surface area contributed by atoms with Crippen LogP contribution in [0.1, 0.15) is 0 Å². The molecule has 7 heavy (non-hydrogen) atoms. The van der Waals surface area contributed by atoms with Crippen LogP contribution < -0.4 is 0 Å². The predicted molar refractivity (Wildman–Crippen MR) is 36.9 cm³/mol. The van der Waals surface area contributed by atoms with Crippen LogP contribution in [0.3, 0.4) is 0 Å². The van der Waals surface area contributed by atoms with Crippen LogP contribution in [0.5, 0.6) is 0 Å². The Labute approximate surface area is 85.7 Å². The Bertz CT molecular complexity index is 8.04. The van der Waals surface area contributed by atoms with Gasteiger partial charge in [0, 0.05) is 0 Å². The topological polar surface area (TPSA) is 17.1 Å². The van der Waals surface area contributed by atoms with Crippen LogP contribution in [0.2, 0.25) is 0 Å². The molecule has 0 aliphatic heterocycles. The summed E-state index contributed by atoms with van der Waals surface area (Å²) in [5.74, 6) is 0. The second kappa shape index (κ2) is 98.6. The molecule has 0 radical (unpaired) electrons. The van der Waals surface area contributed by atoms with Gasteiger partial charge in [0.2, 0.25) is 0 Å². The summed E-state index contributed by atoms with van der Waals surface area (Å²) >= 11 is 0.500. The van der Waals surface area contributed by atoms with Crippen molar-refractivity contribution in [1.82, 2.24) is 0 Å². The molecule has 0 bridgehead atoms. The molecule has 0 heterocycles. The summed E-state index contributed by atoms with van der Waals surface area (Å²) in [6.07, 6.45) is 0. The fourth-order valence-electron chi connectivity index (χ4n) is 0. The Kier molecular flexibility index (Phi) is 904. The minimum atomic E-state index is 0. The molecule has 0 amide bonds. The molecule has 0 fully saturated rings. The predicted octanol–water partition coefficient (Wildman–Crippen LogP) is 1.99. The minimum absolute atomic E-state index is 0. The maximum absolute atomic E-state index is 8.30. The summed E-state index contributed by atoms with van der Waals surface area (Å²) in [5.41, 5.74) is 0. The van der Waals surface area contributed by atoms with Crippen LogP contribution in [-0.2, 0) is 24.3 Å². The molecule has 0 unspecified atom stereocenters. The molecule has 0 N–H and O–H groups in total. The average Bonchev–Trinajstić information content (AvgIpc) is 1.00. The van der Waals surface area contributed by atoms with Gasteiger partial charge in [-0.05, 0) is 0 Å². The van der Waals surface area contributed by atoms with Gasteiger partial charge in [0.05, 0.1) is 0 Å². The second-order valence-electron chi connectivity index (χ2n) is 0. The normalized spacial score (nSPS) is 0.429. The van der Waals surface area contributed by atoms with E-state index < -0.39 is 0 Å². The first kappa shape index (κ1) is 64.2. The van der Waals surface area contributed by atoms with Crippen LogP contribution in [0.25, 0.3) is 0 Å². The van der Waals surface area contributed by atoms with E-state index in [0.717, 1.165) is 0 Å². The number of hydrogen-bond donors (Lipinski definition) is 0. The molecule has 0 rings (SSSR count). The zero-order chi connectivity index (χ0) is 2.00. The van der Waals surface area contributed by atoms with E-state index >= 15 is 0 Å². The van der Waals surface area contributed by atoms with Gasteiger partial charge >= 0.3 is 24.3 Å². The van der Waals surface area contributed by atoms with Crippen molar-refractivity contribution in [2.24, 2.45) is 0 Å². The van der Waals surface area contributed by atoms with E-state index in [4.69, 9.17) is 3.25 Å². The summed E-state index contributed by atoms with van der Waals surface area (Å²) < 4.78 is 8.30. The van der Waals surface area contributed by atoms with Crippen LogP contribution in [0.15, 0.2) is 0 Å². The number of rotatable bonds is 0. The Morgan fingerprint density at radius 2 is 0.571 bits per heavy atom. The summed E-state index contributed by atoms with van der Waals surface area (Å²) in [5, 5.41) is 0. The van der Waals surface area contributed by atoms with Crippen molar-refractivity contribution in [2.45, 2.75) is 0 Å². The molecule has 0 saturated carbocycles. The van der Waals surface area contributed by atoms with Gasteiger partial charge in [-0.25, -0.2) is 0 Å². The monoisotopic (exact) mass is 289 g/mol. The van der Waals surface area contributed by atoms with Gasteiger partial charge in [-0.3, -0.25) is 0 Å². The SMILES string of the molecule is Cl.Cl.Cl.Cl.Cl.[O]=[Nb]. The summed E-state index contributed by atoms with van der Waals surface area (Å²) in [6.45, 7) is 0. The molecule has 0 aromatic heterocycles. The van der Waals surface area contributed by atoms with Gasteiger partial charge in [0.25, 0.3) is 0 Å². The van der Waals surface area contributed by atoms with Crippen LogP contribution in [0, 0.1) is 0 Å². The first-order valence-corrected chi connectivity index (χ1v) is 1.08. The van der Waals surface area contributed by atoms with Gasteiger partial charge in [-0.2, -0.15) is 0 Å². The van der Waals surface area contributed by atoms with Crippen molar-refractivity contribution in [3.8, 4) is 0 Å². The van der Waals surface area contributed by atoms with Gasteiger partial charge in [-0.1, -0.05) is 0 Å². The van der Waals surface area contributed by atoms with Crippen molar-refractivity contribution in [3.05, 3.63) is 0 Å². The molecule has 0 aliphatic rings. The molecule has 0 aliphatic carbocycles. The van der Waals surface area contributed by atoms with Crippen LogP contribution in [0.4, 0.5) is 0 Å². The van der Waals surface area contributed by atoms with E-state index in [0.29, 0.717) is 21.0 Å². The van der Waals surface area contributed by atoms with E-state index in [1.165, 1.54) is 0 Å². The average molecular weight is 291 g/mol. The van der Waals surface area contributed by atoms with Gasteiger partial charge in [0.1, 0.15) is 0 Å². The first-order valence-electron chi connectivity index (χ1n) is 0.183. The van der Waals surface area contributed by atoms with E-state index in [9.17, 15) is 0 Å². The Morgan fingerprint density at radius 1 is 0.571 bits per heavy atom. The van der Waals surface area contributed by atoms with Crippen molar-refractivity contribution in [1.29, 1.82) is 0 Å². The molecule has 0 saturated heterocycles. The molecule has 1 nitrogen and oxygen atoms in total. The summed E-state index contributed by atoms with van der Waals surface area (Å²) in [4.78, 5) is 0. The molecule has 0 aromatic rings. The third kappa shape index (κ3) is 72.4. The summed E-state index contributed by atoms with van der Waals surface area (Å²) in [7, 11) is 0. The molecule has 7 heteroatoms. The molecule has 0 atom stereocenters. The number of hydrogen-bond acceptors (Lipinski definition) is 1. The van der Waals surface area contributed by atoms with E-state index in [-0.39, 0.29) is 62.0 Å². The Hall–Kier alpha value is 1.99. The third-order valence-electron chi connectivity index (χ3n) is 0. The zero-order valence-corrected chi connectivity index (χ0v) is 9.18. The van der Waals surface area contributed by atoms with Gasteiger partial charge < -0.3 is 0 Å². The van der Waals surface area contributed by atoms with Crippen LogP contribution in [-0.4, -0.2) is 0 Å². The van der Waals surface area contributed by atoms with Crippen molar-refractivity contribution >= 4 is 62.0 Å². The molecular weight excluding hydrogens is 286 g/mol. The molecule has 0 spiro atoms. The molecular formula is H5Cl5NbO. The van der Waals surface area contributed by atoms with E-state index in [2.05, 4.69) is 0 Å². The van der Waals surface area contributed by atoms with Gasteiger partial charge in [0.15, 0.2) is 0 Å². The Morgan fingerprint density at radius 3 is 0.571 bits per heavy atom.